The van der Waals surface area contributed by atoms with E-state index in [0.717, 1.165) is 6.42 Å². The smallest absolute Gasteiger partial charge is 0.242 e. The van der Waals surface area contributed by atoms with Gasteiger partial charge in [-0.05, 0) is 31.1 Å². The number of nitrogens with one attached hydrogen (secondary N) is 1. The summed E-state index contributed by atoms with van der Waals surface area (Å²) in [6, 6.07) is -0.228. The lowest BCUT2D eigenvalue weighted by atomic mass is 10.0. The Morgan fingerprint density at radius 1 is 1.33 bits per heavy atom. The van der Waals surface area contributed by atoms with Gasteiger partial charge in [-0.15, -0.1) is 0 Å². The molecule has 1 N–H and O–H groups in total. The van der Waals surface area contributed by atoms with Crippen molar-refractivity contribution in [1.82, 2.24) is 10.2 Å². The molecule has 2 amide bonds. The van der Waals surface area contributed by atoms with Crippen LogP contribution in [0.15, 0.2) is 0 Å². The van der Waals surface area contributed by atoms with E-state index in [1.54, 1.807) is 0 Å². The number of fused-ring (bicyclic) bond motifs is 1. The first-order valence-corrected chi connectivity index (χ1v) is 7.32. The Kier molecular flexibility index (Phi) is 3.04. The lowest BCUT2D eigenvalue weighted by Gasteiger charge is -2.34. The van der Waals surface area contributed by atoms with Crippen molar-refractivity contribution in [2.75, 3.05) is 13.1 Å². The molecule has 3 fully saturated rings. The largest absolute Gasteiger partial charge is 0.353 e. The van der Waals surface area contributed by atoms with Gasteiger partial charge in [0.15, 0.2) is 0 Å². The summed E-state index contributed by atoms with van der Waals surface area (Å²) in [5.41, 5.74) is 0. The van der Waals surface area contributed by atoms with E-state index >= 15 is 0 Å². The lowest BCUT2D eigenvalue weighted by molar-refractivity contribution is -0.144. The molecule has 0 aromatic carbocycles. The van der Waals surface area contributed by atoms with Gasteiger partial charge in [-0.3, -0.25) is 9.59 Å². The third-order valence-corrected chi connectivity index (χ3v) is 4.94. The fraction of sp³-hybridized carbons (Fsp3) is 0.857. The zero-order valence-corrected chi connectivity index (χ0v) is 11.0. The number of carbonyl (C=O) groups excluding carboxylic acids is 2. The SMILES string of the molecule is CCC1C(=O)NCCN1C(=O)C1C2CCCCC21. The van der Waals surface area contributed by atoms with Crippen LogP contribution in [0.2, 0.25) is 0 Å². The molecule has 4 heteroatoms. The van der Waals surface area contributed by atoms with E-state index in [0.29, 0.717) is 24.9 Å². The highest BCUT2D eigenvalue weighted by molar-refractivity contribution is 5.91. The summed E-state index contributed by atoms with van der Waals surface area (Å²) < 4.78 is 0. The summed E-state index contributed by atoms with van der Waals surface area (Å²) in [4.78, 5) is 26.2. The molecule has 0 bridgehead atoms. The summed E-state index contributed by atoms with van der Waals surface area (Å²) in [6.45, 7) is 3.29. The van der Waals surface area contributed by atoms with E-state index in [-0.39, 0.29) is 23.8 Å². The van der Waals surface area contributed by atoms with Gasteiger partial charge in [0.25, 0.3) is 0 Å². The van der Waals surface area contributed by atoms with Gasteiger partial charge in [0.2, 0.25) is 11.8 Å². The Labute approximate surface area is 108 Å². The summed E-state index contributed by atoms with van der Waals surface area (Å²) in [7, 11) is 0. The molecule has 3 atom stereocenters. The average Bonchev–Trinajstić information content (AvgIpc) is 3.12. The van der Waals surface area contributed by atoms with E-state index in [9.17, 15) is 9.59 Å². The standard InChI is InChI=1S/C14H22N2O2/c1-2-11-13(17)15-7-8-16(11)14(18)12-9-5-3-4-6-10(9)12/h9-12H,2-8H2,1H3,(H,15,17). The van der Waals surface area contributed by atoms with Crippen molar-refractivity contribution in [3.8, 4) is 0 Å². The molecule has 4 nitrogen and oxygen atoms in total. The summed E-state index contributed by atoms with van der Waals surface area (Å²) in [5.74, 6) is 1.80. The highest BCUT2D eigenvalue weighted by Crippen LogP contribution is 2.56. The third kappa shape index (κ3) is 1.82. The van der Waals surface area contributed by atoms with Crippen molar-refractivity contribution in [2.45, 2.75) is 45.1 Å². The van der Waals surface area contributed by atoms with Crippen LogP contribution in [0.5, 0.6) is 0 Å². The van der Waals surface area contributed by atoms with E-state index in [1.165, 1.54) is 25.7 Å². The van der Waals surface area contributed by atoms with Crippen LogP contribution in [-0.2, 0) is 9.59 Å². The second-order valence-corrected chi connectivity index (χ2v) is 5.88. The van der Waals surface area contributed by atoms with Gasteiger partial charge in [-0.2, -0.15) is 0 Å². The lowest BCUT2D eigenvalue weighted by Crippen LogP contribution is -2.57. The summed E-state index contributed by atoms with van der Waals surface area (Å²) >= 11 is 0. The van der Waals surface area contributed by atoms with E-state index in [2.05, 4.69) is 5.32 Å². The van der Waals surface area contributed by atoms with Gasteiger partial charge in [0, 0.05) is 19.0 Å². The van der Waals surface area contributed by atoms with Crippen LogP contribution in [0.3, 0.4) is 0 Å². The molecule has 0 aromatic heterocycles. The highest BCUT2D eigenvalue weighted by Gasteiger charge is 2.56. The number of rotatable bonds is 2. The Morgan fingerprint density at radius 3 is 2.61 bits per heavy atom. The second-order valence-electron chi connectivity index (χ2n) is 5.88. The van der Waals surface area contributed by atoms with Crippen LogP contribution in [0, 0.1) is 17.8 Å². The number of amides is 2. The van der Waals surface area contributed by atoms with Crippen molar-refractivity contribution in [2.24, 2.45) is 17.8 Å². The fourth-order valence-electron chi connectivity index (χ4n) is 3.93. The quantitative estimate of drug-likeness (QED) is 0.799. The van der Waals surface area contributed by atoms with Gasteiger partial charge in [-0.25, -0.2) is 0 Å². The van der Waals surface area contributed by atoms with Crippen LogP contribution in [0.4, 0.5) is 0 Å². The highest BCUT2D eigenvalue weighted by atomic mass is 16.2. The molecule has 0 aromatic rings. The number of hydrogen-bond donors (Lipinski definition) is 1. The van der Waals surface area contributed by atoms with Gasteiger partial charge >= 0.3 is 0 Å². The first-order valence-electron chi connectivity index (χ1n) is 7.32. The molecule has 3 aliphatic rings. The molecule has 1 heterocycles. The van der Waals surface area contributed by atoms with Crippen molar-refractivity contribution >= 4 is 11.8 Å². The first kappa shape index (κ1) is 12.0. The van der Waals surface area contributed by atoms with Gasteiger partial charge in [-0.1, -0.05) is 19.8 Å². The van der Waals surface area contributed by atoms with Gasteiger partial charge in [0.05, 0.1) is 0 Å². The van der Waals surface area contributed by atoms with Gasteiger partial charge < -0.3 is 10.2 Å². The Bertz CT molecular complexity index is 357. The minimum atomic E-state index is -0.228. The monoisotopic (exact) mass is 250 g/mol. The maximum absolute atomic E-state index is 12.6. The topological polar surface area (TPSA) is 49.4 Å². The minimum Gasteiger partial charge on any atom is -0.353 e. The molecule has 100 valence electrons. The molecular weight excluding hydrogens is 228 g/mol. The number of nitrogens with zero attached hydrogens (tertiary/aromatic N) is 1. The number of hydrogen-bond acceptors (Lipinski definition) is 2. The summed E-state index contributed by atoms with van der Waals surface area (Å²) in [6.07, 6.45) is 5.72. The molecule has 18 heavy (non-hydrogen) atoms. The van der Waals surface area contributed by atoms with Crippen LogP contribution in [0.25, 0.3) is 0 Å². The second kappa shape index (κ2) is 4.56. The molecule has 3 rings (SSSR count). The van der Waals surface area contributed by atoms with Crippen molar-refractivity contribution < 1.29 is 9.59 Å². The van der Waals surface area contributed by atoms with Crippen molar-refractivity contribution in [1.29, 1.82) is 0 Å². The van der Waals surface area contributed by atoms with E-state index in [1.807, 2.05) is 11.8 Å². The molecule has 3 unspecified atom stereocenters. The van der Waals surface area contributed by atoms with Crippen LogP contribution in [-0.4, -0.2) is 35.8 Å². The van der Waals surface area contributed by atoms with Crippen LogP contribution >= 0.6 is 0 Å². The zero-order chi connectivity index (χ0) is 12.7. The average molecular weight is 250 g/mol. The normalized spacial score (nSPS) is 38.9. The molecule has 0 spiro atoms. The zero-order valence-electron chi connectivity index (χ0n) is 11.0. The molecule has 2 aliphatic carbocycles. The Balaban J connectivity index is 1.70. The Morgan fingerprint density at radius 2 is 2.00 bits per heavy atom. The maximum Gasteiger partial charge on any atom is 0.242 e. The third-order valence-electron chi connectivity index (χ3n) is 4.94. The predicted octanol–water partition coefficient (Wildman–Crippen LogP) is 1.16. The van der Waals surface area contributed by atoms with Gasteiger partial charge in [0.1, 0.15) is 6.04 Å². The fourth-order valence-corrected chi connectivity index (χ4v) is 3.93. The van der Waals surface area contributed by atoms with Crippen molar-refractivity contribution in [3.05, 3.63) is 0 Å². The molecule has 1 aliphatic heterocycles. The summed E-state index contributed by atoms with van der Waals surface area (Å²) in [5, 5.41) is 2.86. The predicted molar refractivity (Wildman–Crippen MR) is 67.7 cm³/mol. The molecule has 1 saturated heterocycles. The Hall–Kier alpha value is -1.06. The molecule has 0 radical (unpaired) electrons. The van der Waals surface area contributed by atoms with E-state index in [4.69, 9.17) is 0 Å². The molecule has 2 saturated carbocycles. The number of carbonyl (C=O) groups is 2. The van der Waals surface area contributed by atoms with Crippen molar-refractivity contribution in [3.63, 3.8) is 0 Å². The van der Waals surface area contributed by atoms with E-state index < -0.39 is 0 Å². The van der Waals surface area contributed by atoms with Crippen LogP contribution in [0.1, 0.15) is 39.0 Å². The minimum absolute atomic E-state index is 0.0284. The molecular formula is C14H22N2O2. The maximum atomic E-state index is 12.6. The first-order chi connectivity index (χ1) is 8.74. The van der Waals surface area contributed by atoms with Crippen LogP contribution < -0.4 is 5.32 Å². The number of piperazine rings is 1.